The van der Waals surface area contributed by atoms with Crippen LogP contribution in [0.25, 0.3) is 0 Å². The average molecular weight is 469 g/mol. The van der Waals surface area contributed by atoms with Crippen molar-refractivity contribution < 1.29 is 23.8 Å². The van der Waals surface area contributed by atoms with E-state index in [2.05, 4.69) is 23.6 Å². The minimum absolute atomic E-state index is 0.0178. The van der Waals surface area contributed by atoms with Crippen LogP contribution < -0.4 is 10.6 Å². The molecule has 0 aliphatic rings. The summed E-state index contributed by atoms with van der Waals surface area (Å²) in [6.45, 7) is 2.70. The molecule has 0 saturated heterocycles. The van der Waals surface area contributed by atoms with E-state index in [9.17, 15) is 23.8 Å². The van der Waals surface area contributed by atoms with E-state index in [4.69, 9.17) is 0 Å². The van der Waals surface area contributed by atoms with Crippen molar-refractivity contribution in [2.45, 2.75) is 44.6 Å². The maximum Gasteiger partial charge on any atom is 0.253 e. The van der Waals surface area contributed by atoms with Gasteiger partial charge in [-0.3, -0.25) is 4.79 Å². The van der Waals surface area contributed by atoms with Gasteiger partial charge in [0.15, 0.2) is 6.10 Å². The fraction of sp³-hybridized carbons (Fsp3) is 0.296. The highest BCUT2D eigenvalue weighted by atomic mass is 19.1. The monoisotopic (exact) mass is 468 g/mol. The number of aliphatic hydroxyl groups excluding tert-OH is 2. The third kappa shape index (κ3) is 7.45. The van der Waals surface area contributed by atoms with Gasteiger partial charge < -0.3 is 20.8 Å². The Balaban J connectivity index is 1.69. The zero-order valence-corrected chi connectivity index (χ0v) is 19.0. The molecule has 3 atom stereocenters. The number of benzene rings is 3. The number of carbonyl (C=O) groups is 1. The lowest BCUT2D eigenvalue weighted by Gasteiger charge is -2.26. The molecule has 0 bridgehead atoms. The van der Waals surface area contributed by atoms with E-state index < -0.39 is 35.8 Å². The molecule has 0 saturated carbocycles. The molecule has 0 unspecified atom stereocenters. The van der Waals surface area contributed by atoms with Gasteiger partial charge in [0.25, 0.3) is 5.91 Å². The number of nitrogens with one attached hydrogen (secondary N) is 2. The highest BCUT2D eigenvalue weighted by Crippen LogP contribution is 2.16. The SMILES string of the molecule is CCc1cccc(CNC[C@@H](O)[C@H](Cc2cc(F)cc(F)c2)NC(=O)[C@@H](O)c2ccccc2)c1. The summed E-state index contributed by atoms with van der Waals surface area (Å²) in [6, 6.07) is 18.6. The van der Waals surface area contributed by atoms with Gasteiger partial charge in [-0.15, -0.1) is 0 Å². The Morgan fingerprint density at radius 2 is 1.56 bits per heavy atom. The number of aryl methyl sites for hydroxylation is 1. The first-order chi connectivity index (χ1) is 16.4. The van der Waals surface area contributed by atoms with Gasteiger partial charge in [-0.05, 0) is 47.2 Å². The number of aliphatic hydroxyl groups is 2. The van der Waals surface area contributed by atoms with E-state index in [0.29, 0.717) is 12.1 Å². The Labute approximate surface area is 198 Å². The minimum Gasteiger partial charge on any atom is -0.390 e. The first kappa shape index (κ1) is 25.5. The standard InChI is InChI=1S/C27H30F2N2O3/c1-2-18-7-6-8-19(11-18)16-30-17-25(32)24(14-20-12-22(28)15-23(29)13-20)31-27(34)26(33)21-9-4-3-5-10-21/h3-13,15,24-26,30,32-33H,2,14,16-17H2,1H3,(H,31,34)/t24-,25+,26-/m0/s1. The van der Waals surface area contributed by atoms with Gasteiger partial charge in [0.2, 0.25) is 0 Å². The first-order valence-electron chi connectivity index (χ1n) is 11.3. The third-order valence-corrected chi connectivity index (χ3v) is 5.62. The maximum atomic E-state index is 13.7. The van der Waals surface area contributed by atoms with Crippen LogP contribution in [0.15, 0.2) is 72.8 Å². The van der Waals surface area contributed by atoms with E-state index in [1.54, 1.807) is 30.3 Å². The molecule has 3 aromatic carbocycles. The van der Waals surface area contributed by atoms with Crippen LogP contribution in [0, 0.1) is 11.6 Å². The molecule has 4 N–H and O–H groups in total. The van der Waals surface area contributed by atoms with Crippen molar-refractivity contribution in [3.8, 4) is 0 Å². The Bertz CT molecular complexity index is 1060. The Hall–Kier alpha value is -3.13. The summed E-state index contributed by atoms with van der Waals surface area (Å²) in [5.41, 5.74) is 2.94. The second-order valence-electron chi connectivity index (χ2n) is 8.28. The largest absolute Gasteiger partial charge is 0.390 e. The summed E-state index contributed by atoms with van der Waals surface area (Å²) in [5, 5.41) is 27.1. The topological polar surface area (TPSA) is 81.6 Å². The summed E-state index contributed by atoms with van der Waals surface area (Å²) in [6.07, 6.45) is -1.62. The molecule has 180 valence electrons. The van der Waals surface area contributed by atoms with Crippen LogP contribution in [0.3, 0.4) is 0 Å². The number of amides is 1. The number of halogens is 2. The molecule has 3 rings (SSSR count). The van der Waals surface area contributed by atoms with Crippen molar-refractivity contribution in [1.82, 2.24) is 10.6 Å². The number of hydrogen-bond donors (Lipinski definition) is 4. The second kappa shape index (κ2) is 12.4. The Kier molecular flexibility index (Phi) is 9.27. The number of hydrogen-bond acceptors (Lipinski definition) is 4. The Morgan fingerprint density at radius 3 is 2.24 bits per heavy atom. The predicted molar refractivity (Wildman–Crippen MR) is 127 cm³/mol. The normalized spacial score (nSPS) is 13.8. The zero-order valence-electron chi connectivity index (χ0n) is 19.0. The van der Waals surface area contributed by atoms with E-state index in [1.165, 1.54) is 5.56 Å². The van der Waals surface area contributed by atoms with Crippen molar-refractivity contribution in [3.05, 3.63) is 107 Å². The smallest absolute Gasteiger partial charge is 0.253 e. The summed E-state index contributed by atoms with van der Waals surface area (Å²) in [7, 11) is 0. The molecule has 0 aliphatic carbocycles. The quantitative estimate of drug-likeness (QED) is 0.348. The first-order valence-corrected chi connectivity index (χ1v) is 11.3. The van der Waals surface area contributed by atoms with Crippen molar-refractivity contribution in [2.24, 2.45) is 0 Å². The lowest BCUT2D eigenvalue weighted by atomic mass is 9.99. The van der Waals surface area contributed by atoms with Gasteiger partial charge >= 0.3 is 0 Å². The van der Waals surface area contributed by atoms with Crippen LogP contribution in [-0.2, 0) is 24.2 Å². The molecule has 0 fully saturated rings. The lowest BCUT2D eigenvalue weighted by molar-refractivity contribution is -0.131. The molecule has 0 aromatic heterocycles. The minimum atomic E-state index is -1.44. The van der Waals surface area contributed by atoms with Crippen LogP contribution in [0.4, 0.5) is 8.78 Å². The molecule has 0 spiro atoms. The van der Waals surface area contributed by atoms with Crippen molar-refractivity contribution in [1.29, 1.82) is 0 Å². The fourth-order valence-corrected chi connectivity index (χ4v) is 3.78. The Morgan fingerprint density at radius 1 is 0.882 bits per heavy atom. The molecular weight excluding hydrogens is 438 g/mol. The van der Waals surface area contributed by atoms with Crippen LogP contribution in [0.1, 0.15) is 35.3 Å². The molecular formula is C27H30F2N2O3. The average Bonchev–Trinajstić information content (AvgIpc) is 2.83. The van der Waals surface area contributed by atoms with E-state index in [-0.39, 0.29) is 18.5 Å². The molecule has 0 aliphatic heterocycles. The zero-order chi connectivity index (χ0) is 24.5. The highest BCUT2D eigenvalue weighted by Gasteiger charge is 2.26. The van der Waals surface area contributed by atoms with Gasteiger partial charge in [0.05, 0.1) is 12.1 Å². The van der Waals surface area contributed by atoms with Crippen LogP contribution in [0.2, 0.25) is 0 Å². The van der Waals surface area contributed by atoms with Gasteiger partial charge in [0, 0.05) is 19.2 Å². The van der Waals surface area contributed by atoms with Crippen molar-refractivity contribution >= 4 is 5.91 Å². The van der Waals surface area contributed by atoms with Crippen LogP contribution in [-0.4, -0.2) is 34.8 Å². The van der Waals surface area contributed by atoms with Crippen molar-refractivity contribution in [2.75, 3.05) is 6.54 Å². The van der Waals surface area contributed by atoms with Crippen LogP contribution in [0.5, 0.6) is 0 Å². The predicted octanol–water partition coefficient (Wildman–Crippen LogP) is 3.44. The summed E-state index contributed by atoms with van der Waals surface area (Å²) >= 11 is 0. The van der Waals surface area contributed by atoms with Gasteiger partial charge in [0.1, 0.15) is 11.6 Å². The molecule has 1 amide bonds. The molecule has 34 heavy (non-hydrogen) atoms. The van der Waals surface area contributed by atoms with Gasteiger partial charge in [-0.2, -0.15) is 0 Å². The molecule has 0 heterocycles. The molecule has 5 nitrogen and oxygen atoms in total. The second-order valence-corrected chi connectivity index (χ2v) is 8.28. The summed E-state index contributed by atoms with van der Waals surface area (Å²) < 4.78 is 27.4. The summed E-state index contributed by atoms with van der Waals surface area (Å²) in [4.78, 5) is 12.7. The lowest BCUT2D eigenvalue weighted by Crippen LogP contribution is -2.50. The van der Waals surface area contributed by atoms with E-state index in [1.807, 2.05) is 18.2 Å². The number of rotatable bonds is 11. The third-order valence-electron chi connectivity index (χ3n) is 5.62. The molecule has 0 radical (unpaired) electrons. The van der Waals surface area contributed by atoms with E-state index in [0.717, 1.165) is 30.2 Å². The molecule has 7 heteroatoms. The fourth-order valence-electron chi connectivity index (χ4n) is 3.78. The van der Waals surface area contributed by atoms with Crippen LogP contribution >= 0.6 is 0 Å². The van der Waals surface area contributed by atoms with Gasteiger partial charge in [-0.1, -0.05) is 61.5 Å². The maximum absolute atomic E-state index is 13.7. The highest BCUT2D eigenvalue weighted by molar-refractivity contribution is 5.82. The van der Waals surface area contributed by atoms with Gasteiger partial charge in [-0.25, -0.2) is 8.78 Å². The number of carbonyl (C=O) groups excluding carboxylic acids is 1. The van der Waals surface area contributed by atoms with E-state index >= 15 is 0 Å². The molecule has 3 aromatic rings. The summed E-state index contributed by atoms with van der Waals surface area (Å²) in [5.74, 6) is -2.19. The van der Waals surface area contributed by atoms with Crippen molar-refractivity contribution in [3.63, 3.8) is 0 Å².